The normalized spacial score (nSPS) is 12.6. The highest BCUT2D eigenvalue weighted by molar-refractivity contribution is 9.10. The van der Waals surface area contributed by atoms with Crippen molar-refractivity contribution in [3.05, 3.63) is 28.2 Å². The number of ether oxygens (including phenoxy) is 1. The Bertz CT molecular complexity index is 301. The number of aliphatic hydroxyl groups excluding tert-OH is 2. The van der Waals surface area contributed by atoms with Gasteiger partial charge < -0.3 is 14.9 Å². The molecular weight excluding hydrogens is 248 g/mol. The molecule has 1 aromatic carbocycles. The van der Waals surface area contributed by atoms with E-state index in [0.717, 1.165) is 4.47 Å². The van der Waals surface area contributed by atoms with Crippen LogP contribution in [-0.4, -0.2) is 23.9 Å². The summed E-state index contributed by atoms with van der Waals surface area (Å²) in [5.41, 5.74) is 0.684. The molecule has 1 atom stereocenters. The summed E-state index contributed by atoms with van der Waals surface area (Å²) in [4.78, 5) is 0. The van der Waals surface area contributed by atoms with Gasteiger partial charge in [-0.15, -0.1) is 0 Å². The monoisotopic (exact) mass is 260 g/mol. The summed E-state index contributed by atoms with van der Waals surface area (Å²) in [6, 6.07) is 5.44. The Morgan fingerprint density at radius 3 is 2.79 bits per heavy atom. The van der Waals surface area contributed by atoms with E-state index in [2.05, 4.69) is 15.9 Å². The third-order valence-corrected chi connectivity index (χ3v) is 2.66. The van der Waals surface area contributed by atoms with Gasteiger partial charge >= 0.3 is 0 Å². The average Bonchev–Trinajstić information content (AvgIpc) is 2.17. The van der Waals surface area contributed by atoms with E-state index in [4.69, 9.17) is 9.84 Å². The molecule has 1 aromatic rings. The number of benzene rings is 1. The zero-order valence-corrected chi connectivity index (χ0v) is 9.49. The molecule has 0 aliphatic rings. The van der Waals surface area contributed by atoms with Crippen LogP contribution in [0, 0.1) is 0 Å². The van der Waals surface area contributed by atoms with Gasteiger partial charge in [0.25, 0.3) is 0 Å². The molecule has 0 bridgehead atoms. The smallest absolute Gasteiger partial charge is 0.125 e. The second-order valence-electron chi connectivity index (χ2n) is 2.88. The summed E-state index contributed by atoms with van der Waals surface area (Å²) >= 11 is 3.34. The van der Waals surface area contributed by atoms with Gasteiger partial charge in [-0.2, -0.15) is 0 Å². The van der Waals surface area contributed by atoms with Crippen LogP contribution in [0.25, 0.3) is 0 Å². The molecule has 3 nitrogen and oxygen atoms in total. The molecule has 1 unspecified atom stereocenters. The fourth-order valence-corrected chi connectivity index (χ4v) is 1.90. The molecule has 0 saturated carbocycles. The molecule has 0 aromatic heterocycles. The van der Waals surface area contributed by atoms with Crippen LogP contribution in [0.15, 0.2) is 22.7 Å². The zero-order valence-electron chi connectivity index (χ0n) is 7.90. The first-order valence-corrected chi connectivity index (χ1v) is 5.11. The van der Waals surface area contributed by atoms with E-state index in [1.165, 1.54) is 0 Å². The molecule has 0 saturated heterocycles. The Balaban J connectivity index is 3.03. The van der Waals surface area contributed by atoms with Crippen LogP contribution >= 0.6 is 15.9 Å². The molecule has 4 heteroatoms. The first-order valence-electron chi connectivity index (χ1n) is 4.32. The quantitative estimate of drug-likeness (QED) is 0.869. The van der Waals surface area contributed by atoms with Crippen LogP contribution in [0.1, 0.15) is 18.1 Å². The summed E-state index contributed by atoms with van der Waals surface area (Å²) in [7, 11) is 1.55. The number of halogens is 1. The molecule has 0 fully saturated rings. The summed E-state index contributed by atoms with van der Waals surface area (Å²) < 4.78 is 5.91. The fraction of sp³-hybridized carbons (Fsp3) is 0.400. The minimum absolute atomic E-state index is 0.0499. The maximum absolute atomic E-state index is 9.74. The predicted molar refractivity (Wildman–Crippen MR) is 57.4 cm³/mol. The lowest BCUT2D eigenvalue weighted by molar-refractivity contribution is 0.131. The van der Waals surface area contributed by atoms with E-state index < -0.39 is 6.10 Å². The van der Waals surface area contributed by atoms with E-state index in [1.807, 2.05) is 12.1 Å². The average molecular weight is 261 g/mol. The third kappa shape index (κ3) is 2.47. The second kappa shape index (κ2) is 5.34. The molecule has 14 heavy (non-hydrogen) atoms. The minimum Gasteiger partial charge on any atom is -0.496 e. The van der Waals surface area contributed by atoms with Crippen molar-refractivity contribution in [3.8, 4) is 5.75 Å². The predicted octanol–water partition coefficient (Wildman–Crippen LogP) is 1.87. The highest BCUT2D eigenvalue weighted by Crippen LogP contribution is 2.33. The van der Waals surface area contributed by atoms with Gasteiger partial charge in [-0.1, -0.05) is 22.0 Å². The Hall–Kier alpha value is -0.580. The molecule has 0 heterocycles. The van der Waals surface area contributed by atoms with Crippen LogP contribution in [-0.2, 0) is 0 Å². The Labute approximate surface area is 91.5 Å². The lowest BCUT2D eigenvalue weighted by Crippen LogP contribution is -2.03. The SMILES string of the molecule is COc1cccc(Br)c1C(O)CCO. The fourth-order valence-electron chi connectivity index (χ4n) is 1.29. The number of methoxy groups -OCH3 is 1. The molecule has 0 radical (unpaired) electrons. The van der Waals surface area contributed by atoms with Gasteiger partial charge in [0.2, 0.25) is 0 Å². The van der Waals surface area contributed by atoms with Crippen molar-refractivity contribution in [2.75, 3.05) is 13.7 Å². The van der Waals surface area contributed by atoms with Crippen molar-refractivity contribution >= 4 is 15.9 Å². The van der Waals surface area contributed by atoms with Crippen molar-refractivity contribution in [2.45, 2.75) is 12.5 Å². The Morgan fingerprint density at radius 2 is 2.21 bits per heavy atom. The molecule has 78 valence electrons. The first-order chi connectivity index (χ1) is 6.70. The summed E-state index contributed by atoms with van der Waals surface area (Å²) in [5.74, 6) is 0.625. The Kier molecular flexibility index (Phi) is 4.38. The molecule has 0 spiro atoms. The van der Waals surface area contributed by atoms with Crippen LogP contribution in [0.3, 0.4) is 0 Å². The van der Waals surface area contributed by atoms with Crippen molar-refractivity contribution in [2.24, 2.45) is 0 Å². The highest BCUT2D eigenvalue weighted by Gasteiger charge is 2.15. The lowest BCUT2D eigenvalue weighted by Gasteiger charge is -2.15. The number of hydrogen-bond donors (Lipinski definition) is 2. The van der Waals surface area contributed by atoms with Crippen molar-refractivity contribution in [1.82, 2.24) is 0 Å². The molecule has 1 rings (SSSR count). The van der Waals surface area contributed by atoms with Gasteiger partial charge in [-0.3, -0.25) is 0 Å². The Morgan fingerprint density at radius 1 is 1.50 bits per heavy atom. The van der Waals surface area contributed by atoms with Gasteiger partial charge in [-0.25, -0.2) is 0 Å². The molecule has 0 amide bonds. The van der Waals surface area contributed by atoms with Gasteiger partial charge in [0.05, 0.1) is 13.2 Å². The molecule has 0 aliphatic carbocycles. The van der Waals surface area contributed by atoms with Crippen LogP contribution in [0.2, 0.25) is 0 Å². The summed E-state index contributed by atoms with van der Waals surface area (Å²) in [6.07, 6.45) is -0.399. The van der Waals surface area contributed by atoms with E-state index in [1.54, 1.807) is 13.2 Å². The topological polar surface area (TPSA) is 49.7 Å². The maximum Gasteiger partial charge on any atom is 0.125 e. The van der Waals surface area contributed by atoms with Gasteiger partial charge in [0, 0.05) is 23.1 Å². The third-order valence-electron chi connectivity index (χ3n) is 1.97. The standard InChI is InChI=1S/C10H13BrO3/c1-14-9-4-2-3-7(11)10(9)8(13)5-6-12/h2-4,8,12-13H,5-6H2,1H3. The van der Waals surface area contributed by atoms with Crippen LogP contribution in [0.4, 0.5) is 0 Å². The van der Waals surface area contributed by atoms with E-state index in [0.29, 0.717) is 17.7 Å². The number of aliphatic hydroxyl groups is 2. The van der Waals surface area contributed by atoms with E-state index >= 15 is 0 Å². The number of rotatable bonds is 4. The van der Waals surface area contributed by atoms with Crippen molar-refractivity contribution < 1.29 is 14.9 Å². The second-order valence-corrected chi connectivity index (χ2v) is 3.74. The van der Waals surface area contributed by atoms with Crippen LogP contribution in [0.5, 0.6) is 5.75 Å². The zero-order chi connectivity index (χ0) is 10.6. The summed E-state index contributed by atoms with van der Waals surface area (Å²) in [5, 5.41) is 18.5. The first kappa shape index (κ1) is 11.5. The van der Waals surface area contributed by atoms with E-state index in [9.17, 15) is 5.11 Å². The van der Waals surface area contributed by atoms with Crippen LogP contribution < -0.4 is 4.74 Å². The van der Waals surface area contributed by atoms with E-state index in [-0.39, 0.29) is 6.61 Å². The molecule has 2 N–H and O–H groups in total. The van der Waals surface area contributed by atoms with Gasteiger partial charge in [0.1, 0.15) is 5.75 Å². The summed E-state index contributed by atoms with van der Waals surface area (Å²) in [6.45, 7) is -0.0499. The van der Waals surface area contributed by atoms with Crippen molar-refractivity contribution in [3.63, 3.8) is 0 Å². The van der Waals surface area contributed by atoms with Crippen molar-refractivity contribution in [1.29, 1.82) is 0 Å². The highest BCUT2D eigenvalue weighted by atomic mass is 79.9. The minimum atomic E-state index is -0.703. The maximum atomic E-state index is 9.74. The van der Waals surface area contributed by atoms with Gasteiger partial charge in [-0.05, 0) is 12.1 Å². The molecular formula is C10H13BrO3. The number of hydrogen-bond acceptors (Lipinski definition) is 3. The lowest BCUT2D eigenvalue weighted by atomic mass is 10.1. The largest absolute Gasteiger partial charge is 0.496 e. The molecule has 0 aliphatic heterocycles. The van der Waals surface area contributed by atoms with Gasteiger partial charge in [0.15, 0.2) is 0 Å².